The first-order valence-corrected chi connectivity index (χ1v) is 7.47. The number of hydrogen-bond acceptors (Lipinski definition) is 4. The van der Waals surface area contributed by atoms with Crippen LogP contribution in [0.4, 0.5) is 11.4 Å². The number of rotatable bonds is 4. The first-order valence-electron chi connectivity index (χ1n) is 5.09. The molecule has 1 aromatic heterocycles. The Bertz CT molecular complexity index is 608. The highest BCUT2D eigenvalue weighted by atomic mass is 79.9. The number of nitrogens with zero attached hydrogens (tertiary/aromatic N) is 1. The minimum atomic E-state index is -0.430. The van der Waals surface area contributed by atoms with Crippen molar-refractivity contribution >= 4 is 59.2 Å². The molecule has 0 aliphatic carbocycles. The van der Waals surface area contributed by atoms with Crippen LogP contribution in [-0.4, -0.2) is 4.92 Å². The van der Waals surface area contributed by atoms with Crippen LogP contribution in [0.25, 0.3) is 0 Å². The maximum absolute atomic E-state index is 10.9. The van der Waals surface area contributed by atoms with Crippen molar-refractivity contribution in [3.8, 4) is 0 Å². The van der Waals surface area contributed by atoms with Gasteiger partial charge in [0.05, 0.1) is 15.9 Å². The van der Waals surface area contributed by atoms with E-state index < -0.39 is 4.92 Å². The summed E-state index contributed by atoms with van der Waals surface area (Å²) in [4.78, 5) is 10.5. The summed E-state index contributed by atoms with van der Waals surface area (Å²) in [7, 11) is 0. The largest absolute Gasteiger partial charge is 0.451 e. The van der Waals surface area contributed by atoms with Gasteiger partial charge in [0.1, 0.15) is 11.4 Å². The summed E-state index contributed by atoms with van der Waals surface area (Å²) < 4.78 is 7.44. The SMILES string of the molecule is O=[N+]([O-])c1cc(Br)ccc1NCc1cc(Br)c(Br)o1. The zero-order valence-electron chi connectivity index (χ0n) is 9.32. The van der Waals surface area contributed by atoms with Crippen LogP contribution in [0.2, 0.25) is 0 Å². The lowest BCUT2D eigenvalue weighted by molar-refractivity contribution is -0.384. The molecule has 1 aromatic carbocycles. The zero-order valence-corrected chi connectivity index (χ0v) is 14.1. The second kappa shape index (κ2) is 6.06. The Balaban J connectivity index is 2.17. The van der Waals surface area contributed by atoms with E-state index in [0.717, 1.165) is 4.47 Å². The van der Waals surface area contributed by atoms with Gasteiger partial charge >= 0.3 is 0 Å². The van der Waals surface area contributed by atoms with Gasteiger partial charge in [0.15, 0.2) is 4.67 Å². The Hall–Kier alpha value is -0.860. The zero-order chi connectivity index (χ0) is 14.0. The van der Waals surface area contributed by atoms with Crippen LogP contribution in [0.3, 0.4) is 0 Å². The number of anilines is 1. The van der Waals surface area contributed by atoms with Crippen LogP contribution < -0.4 is 5.32 Å². The van der Waals surface area contributed by atoms with Crippen LogP contribution in [-0.2, 0) is 6.54 Å². The second-order valence-corrected chi connectivity index (χ2v) is 6.10. The Morgan fingerprint density at radius 1 is 1.26 bits per heavy atom. The van der Waals surface area contributed by atoms with Crippen molar-refractivity contribution in [1.29, 1.82) is 0 Å². The van der Waals surface area contributed by atoms with Crippen molar-refractivity contribution in [2.75, 3.05) is 5.32 Å². The Morgan fingerprint density at radius 2 is 2.00 bits per heavy atom. The van der Waals surface area contributed by atoms with Gasteiger partial charge in [-0.2, -0.15) is 0 Å². The van der Waals surface area contributed by atoms with E-state index in [-0.39, 0.29) is 5.69 Å². The molecule has 0 saturated heterocycles. The van der Waals surface area contributed by atoms with Crippen molar-refractivity contribution in [3.05, 3.63) is 53.8 Å². The number of benzene rings is 1. The number of halogens is 3. The van der Waals surface area contributed by atoms with E-state index >= 15 is 0 Å². The van der Waals surface area contributed by atoms with Crippen LogP contribution >= 0.6 is 47.8 Å². The number of furan rings is 1. The van der Waals surface area contributed by atoms with Crippen LogP contribution in [0.5, 0.6) is 0 Å². The minimum Gasteiger partial charge on any atom is -0.451 e. The standard InChI is InChI=1S/C11H7Br3N2O3/c12-6-1-2-9(10(3-6)16(17)18)15-5-7-4-8(13)11(14)19-7/h1-4,15H,5H2. The average Bonchev–Trinajstić information content (AvgIpc) is 2.67. The fourth-order valence-electron chi connectivity index (χ4n) is 1.47. The summed E-state index contributed by atoms with van der Waals surface area (Å²) in [5.74, 6) is 0.663. The highest BCUT2D eigenvalue weighted by Crippen LogP contribution is 2.30. The summed E-state index contributed by atoms with van der Waals surface area (Å²) in [6.07, 6.45) is 0. The van der Waals surface area contributed by atoms with Gasteiger partial charge in [-0.15, -0.1) is 0 Å². The fourth-order valence-corrected chi connectivity index (χ4v) is 2.47. The molecule has 0 fully saturated rings. The molecule has 0 spiro atoms. The van der Waals surface area contributed by atoms with Gasteiger partial charge in [-0.1, -0.05) is 15.9 Å². The molecule has 0 aliphatic heterocycles. The molecule has 0 aliphatic rings. The van der Waals surface area contributed by atoms with Gasteiger partial charge in [0, 0.05) is 10.5 Å². The van der Waals surface area contributed by atoms with Gasteiger partial charge in [-0.05, 0) is 50.1 Å². The second-order valence-electron chi connectivity index (χ2n) is 3.61. The molecule has 100 valence electrons. The van der Waals surface area contributed by atoms with Gasteiger partial charge in [0.2, 0.25) is 0 Å². The van der Waals surface area contributed by atoms with E-state index in [2.05, 4.69) is 53.1 Å². The van der Waals surface area contributed by atoms with E-state index in [1.165, 1.54) is 6.07 Å². The summed E-state index contributed by atoms with van der Waals surface area (Å²) in [5, 5.41) is 13.9. The highest BCUT2D eigenvalue weighted by Gasteiger charge is 2.14. The van der Waals surface area contributed by atoms with Gasteiger partial charge in [-0.3, -0.25) is 10.1 Å². The lowest BCUT2D eigenvalue weighted by Gasteiger charge is -2.05. The monoisotopic (exact) mass is 452 g/mol. The van der Waals surface area contributed by atoms with Crippen molar-refractivity contribution < 1.29 is 9.34 Å². The van der Waals surface area contributed by atoms with E-state index in [4.69, 9.17) is 4.42 Å². The summed E-state index contributed by atoms with van der Waals surface area (Å²) in [5.41, 5.74) is 0.455. The molecule has 0 radical (unpaired) electrons. The maximum atomic E-state index is 10.9. The lowest BCUT2D eigenvalue weighted by Crippen LogP contribution is -2.01. The maximum Gasteiger partial charge on any atom is 0.293 e. The molecule has 2 aromatic rings. The molecule has 0 saturated carbocycles. The smallest absolute Gasteiger partial charge is 0.293 e. The quantitative estimate of drug-likeness (QED) is 0.516. The summed E-state index contributed by atoms with van der Waals surface area (Å²) >= 11 is 9.75. The third-order valence-corrected chi connectivity index (χ3v) is 4.51. The number of nitro groups is 1. The topological polar surface area (TPSA) is 68.3 Å². The normalized spacial score (nSPS) is 10.5. The molecule has 8 heteroatoms. The molecule has 1 N–H and O–H groups in total. The molecular formula is C11H7Br3N2O3. The molecule has 1 heterocycles. The molecule has 5 nitrogen and oxygen atoms in total. The fraction of sp³-hybridized carbons (Fsp3) is 0.0909. The Morgan fingerprint density at radius 3 is 2.58 bits per heavy atom. The number of hydrogen-bond donors (Lipinski definition) is 1. The third kappa shape index (κ3) is 3.58. The van der Waals surface area contributed by atoms with E-state index in [0.29, 0.717) is 27.1 Å². The van der Waals surface area contributed by atoms with Crippen molar-refractivity contribution in [2.24, 2.45) is 0 Å². The average molecular weight is 455 g/mol. The van der Waals surface area contributed by atoms with Gasteiger partial charge in [-0.25, -0.2) is 0 Å². The molecule has 0 atom stereocenters. The van der Waals surface area contributed by atoms with Gasteiger partial charge < -0.3 is 9.73 Å². The third-order valence-electron chi connectivity index (χ3n) is 2.31. The first kappa shape index (κ1) is 14.5. The van der Waals surface area contributed by atoms with Crippen molar-refractivity contribution in [3.63, 3.8) is 0 Å². The first-order chi connectivity index (χ1) is 8.97. The van der Waals surface area contributed by atoms with Crippen molar-refractivity contribution in [2.45, 2.75) is 6.54 Å². The highest BCUT2D eigenvalue weighted by molar-refractivity contribution is 9.13. The van der Waals surface area contributed by atoms with E-state index in [9.17, 15) is 10.1 Å². The predicted octanol–water partition coefficient (Wildman–Crippen LogP) is 5.09. The van der Waals surface area contributed by atoms with E-state index in [1.54, 1.807) is 18.2 Å². The van der Waals surface area contributed by atoms with E-state index in [1.807, 2.05) is 0 Å². The van der Waals surface area contributed by atoms with Crippen LogP contribution in [0, 0.1) is 10.1 Å². The van der Waals surface area contributed by atoms with Crippen molar-refractivity contribution in [1.82, 2.24) is 0 Å². The predicted molar refractivity (Wildman–Crippen MR) is 82.2 cm³/mol. The molecular weight excluding hydrogens is 448 g/mol. The Labute approximate surface area is 133 Å². The number of nitrogens with one attached hydrogen (secondary N) is 1. The Kier molecular flexibility index (Phi) is 4.64. The summed E-state index contributed by atoms with van der Waals surface area (Å²) in [6.45, 7) is 0.354. The molecule has 19 heavy (non-hydrogen) atoms. The minimum absolute atomic E-state index is 0.0130. The molecule has 0 amide bonds. The lowest BCUT2D eigenvalue weighted by atomic mass is 10.2. The summed E-state index contributed by atoms with van der Waals surface area (Å²) in [6, 6.07) is 6.64. The molecule has 0 bridgehead atoms. The van der Waals surface area contributed by atoms with Crippen LogP contribution in [0.15, 0.2) is 42.3 Å². The molecule has 2 rings (SSSR count). The number of nitro benzene ring substituents is 1. The van der Waals surface area contributed by atoms with Crippen LogP contribution in [0.1, 0.15) is 5.76 Å². The van der Waals surface area contributed by atoms with Gasteiger partial charge in [0.25, 0.3) is 5.69 Å². The molecule has 0 unspecified atom stereocenters.